The molecular formula is C23H24FN5O2. The number of hydrogen-bond donors (Lipinski definition) is 2. The molecule has 5 rings (SSSR count). The van der Waals surface area contributed by atoms with Crippen LogP contribution in [-0.4, -0.2) is 49.6 Å². The molecule has 2 aromatic heterocycles. The standard InChI is InChI=1S/C23H24FN5O2/c1-13-11-26-19(12-25-13)14-5-6-16(20(30)9-14)17-7-8-22(29-28-17)31-21-10-15-3-2-4-18(27-15)23(21)24/h5-9,11-12,15,18,21,23,27,30H,2-4,10H2,1H3/t15-,18+,21-,23+/m1/s1. The van der Waals surface area contributed by atoms with Gasteiger partial charge in [-0.25, -0.2) is 4.39 Å². The van der Waals surface area contributed by atoms with Crippen molar-refractivity contribution in [2.45, 2.75) is 57.0 Å². The van der Waals surface area contributed by atoms with Crippen LogP contribution in [0.4, 0.5) is 4.39 Å². The van der Waals surface area contributed by atoms with Gasteiger partial charge in [-0.1, -0.05) is 12.5 Å². The summed E-state index contributed by atoms with van der Waals surface area (Å²) < 4.78 is 20.6. The number of phenols is 1. The van der Waals surface area contributed by atoms with Crippen molar-refractivity contribution >= 4 is 0 Å². The molecule has 4 heterocycles. The number of rotatable bonds is 4. The van der Waals surface area contributed by atoms with Crippen LogP contribution < -0.4 is 10.1 Å². The van der Waals surface area contributed by atoms with Gasteiger partial charge in [0.15, 0.2) is 6.17 Å². The molecule has 0 spiro atoms. The molecule has 2 aliphatic heterocycles. The summed E-state index contributed by atoms with van der Waals surface area (Å²) >= 11 is 0. The maximum atomic E-state index is 14.7. The molecule has 0 amide bonds. The first-order valence-corrected chi connectivity index (χ1v) is 10.6. The number of aryl methyl sites for hydroxylation is 1. The number of halogens is 1. The van der Waals surface area contributed by atoms with Crippen molar-refractivity contribution in [3.8, 4) is 34.1 Å². The van der Waals surface area contributed by atoms with E-state index in [1.807, 2.05) is 13.0 Å². The fourth-order valence-electron chi connectivity index (χ4n) is 4.40. The van der Waals surface area contributed by atoms with Gasteiger partial charge in [-0.3, -0.25) is 9.97 Å². The zero-order valence-corrected chi connectivity index (χ0v) is 17.2. The number of fused-ring (bicyclic) bond motifs is 2. The molecule has 2 bridgehead atoms. The van der Waals surface area contributed by atoms with E-state index < -0.39 is 12.3 Å². The van der Waals surface area contributed by atoms with Gasteiger partial charge in [-0.15, -0.1) is 10.2 Å². The van der Waals surface area contributed by atoms with E-state index in [4.69, 9.17) is 4.74 Å². The Morgan fingerprint density at radius 3 is 2.71 bits per heavy atom. The third kappa shape index (κ3) is 4.07. The molecule has 0 saturated carbocycles. The summed E-state index contributed by atoms with van der Waals surface area (Å²) in [5.41, 5.74) is 3.31. The summed E-state index contributed by atoms with van der Waals surface area (Å²) in [4.78, 5) is 8.57. The lowest BCUT2D eigenvalue weighted by atomic mass is 9.84. The lowest BCUT2D eigenvalue weighted by Crippen LogP contribution is -2.59. The quantitative estimate of drug-likeness (QED) is 0.665. The van der Waals surface area contributed by atoms with Crippen LogP contribution in [0.5, 0.6) is 11.6 Å². The molecule has 8 heteroatoms. The van der Waals surface area contributed by atoms with E-state index in [9.17, 15) is 9.50 Å². The zero-order chi connectivity index (χ0) is 21.4. The lowest BCUT2D eigenvalue weighted by molar-refractivity contribution is 0.00652. The molecule has 31 heavy (non-hydrogen) atoms. The van der Waals surface area contributed by atoms with Crippen LogP contribution in [-0.2, 0) is 0 Å². The second kappa shape index (κ2) is 8.19. The first-order valence-electron chi connectivity index (χ1n) is 10.6. The van der Waals surface area contributed by atoms with Crippen molar-refractivity contribution in [3.05, 3.63) is 48.4 Å². The van der Waals surface area contributed by atoms with E-state index in [1.165, 1.54) is 0 Å². The Morgan fingerprint density at radius 2 is 1.97 bits per heavy atom. The number of aromatic hydroxyl groups is 1. The topological polar surface area (TPSA) is 93.0 Å². The van der Waals surface area contributed by atoms with Crippen LogP contribution in [0.3, 0.4) is 0 Å². The normalized spacial score (nSPS) is 25.2. The second-order valence-electron chi connectivity index (χ2n) is 8.27. The van der Waals surface area contributed by atoms with E-state index in [1.54, 1.807) is 36.7 Å². The number of nitrogens with one attached hydrogen (secondary N) is 1. The number of alkyl halides is 1. The first-order chi connectivity index (χ1) is 15.1. The van der Waals surface area contributed by atoms with Crippen LogP contribution in [0.2, 0.25) is 0 Å². The Hall–Kier alpha value is -3.13. The van der Waals surface area contributed by atoms with Gasteiger partial charge in [-0.05, 0) is 38.0 Å². The second-order valence-corrected chi connectivity index (χ2v) is 8.27. The lowest BCUT2D eigenvalue weighted by Gasteiger charge is -2.42. The largest absolute Gasteiger partial charge is 0.507 e. The average Bonchev–Trinajstić information content (AvgIpc) is 2.79. The fraction of sp³-hybridized carbons (Fsp3) is 0.391. The summed E-state index contributed by atoms with van der Waals surface area (Å²) in [7, 11) is 0. The molecule has 2 saturated heterocycles. The number of hydrogen-bond acceptors (Lipinski definition) is 7. The van der Waals surface area contributed by atoms with Gasteiger partial charge in [0.2, 0.25) is 5.88 Å². The van der Waals surface area contributed by atoms with Gasteiger partial charge in [-0.2, -0.15) is 0 Å². The Morgan fingerprint density at radius 1 is 1.06 bits per heavy atom. The molecule has 1 aromatic carbocycles. The Bertz CT molecular complexity index is 1060. The van der Waals surface area contributed by atoms with Crippen molar-refractivity contribution in [2.24, 2.45) is 0 Å². The average molecular weight is 421 g/mol. The van der Waals surface area contributed by atoms with E-state index in [0.29, 0.717) is 35.3 Å². The van der Waals surface area contributed by atoms with Crippen LogP contribution in [0, 0.1) is 6.92 Å². The molecule has 0 radical (unpaired) electrons. The molecule has 2 fully saturated rings. The molecule has 160 valence electrons. The van der Waals surface area contributed by atoms with E-state index in [0.717, 1.165) is 30.5 Å². The van der Waals surface area contributed by atoms with Crippen LogP contribution >= 0.6 is 0 Å². The van der Waals surface area contributed by atoms with Gasteiger partial charge >= 0.3 is 0 Å². The van der Waals surface area contributed by atoms with Crippen molar-refractivity contribution in [2.75, 3.05) is 0 Å². The zero-order valence-electron chi connectivity index (χ0n) is 17.2. The van der Waals surface area contributed by atoms with Gasteiger partial charge in [0.25, 0.3) is 0 Å². The maximum absolute atomic E-state index is 14.7. The molecule has 0 unspecified atom stereocenters. The highest BCUT2D eigenvalue weighted by Gasteiger charge is 2.41. The number of nitrogens with zero attached hydrogens (tertiary/aromatic N) is 4. The predicted octanol–water partition coefficient (Wildman–Crippen LogP) is 3.61. The highest BCUT2D eigenvalue weighted by atomic mass is 19.1. The van der Waals surface area contributed by atoms with Crippen LogP contribution in [0.15, 0.2) is 42.7 Å². The molecule has 4 atom stereocenters. The van der Waals surface area contributed by atoms with Gasteiger partial charge < -0.3 is 15.2 Å². The van der Waals surface area contributed by atoms with Crippen LogP contribution in [0.25, 0.3) is 22.5 Å². The Labute approximate surface area is 179 Å². The first kappa shape index (κ1) is 19.8. The fourth-order valence-corrected chi connectivity index (χ4v) is 4.40. The number of benzene rings is 1. The number of piperidine rings is 2. The maximum Gasteiger partial charge on any atom is 0.233 e. The van der Waals surface area contributed by atoms with Crippen LogP contribution in [0.1, 0.15) is 31.4 Å². The third-order valence-corrected chi connectivity index (χ3v) is 6.04. The predicted molar refractivity (Wildman–Crippen MR) is 113 cm³/mol. The SMILES string of the molecule is Cc1cnc(-c2ccc(-c3ccc(O[C@@H]4C[C@H]5CCC[C@H](N5)[C@@H]4F)nn3)c(O)c2)cn1. The van der Waals surface area contributed by atoms with Gasteiger partial charge in [0.05, 0.1) is 23.3 Å². The Kier molecular flexibility index (Phi) is 5.23. The minimum atomic E-state index is -1.06. The van der Waals surface area contributed by atoms with E-state index in [-0.39, 0.29) is 11.8 Å². The van der Waals surface area contributed by atoms with Crippen molar-refractivity contribution < 1.29 is 14.2 Å². The van der Waals surface area contributed by atoms with Gasteiger partial charge in [0, 0.05) is 41.9 Å². The smallest absolute Gasteiger partial charge is 0.233 e. The van der Waals surface area contributed by atoms with E-state index >= 15 is 0 Å². The summed E-state index contributed by atoms with van der Waals surface area (Å²) in [6.45, 7) is 1.87. The molecule has 3 aromatic rings. The summed E-state index contributed by atoms with van der Waals surface area (Å²) in [6, 6.07) is 8.80. The minimum absolute atomic E-state index is 0.0674. The molecule has 2 aliphatic rings. The minimum Gasteiger partial charge on any atom is -0.507 e. The van der Waals surface area contributed by atoms with Crippen molar-refractivity contribution in [1.82, 2.24) is 25.5 Å². The Balaban J connectivity index is 1.31. The molecule has 0 aliphatic carbocycles. The van der Waals surface area contributed by atoms with Gasteiger partial charge in [0.1, 0.15) is 11.9 Å². The number of ether oxygens (including phenoxy) is 1. The summed E-state index contributed by atoms with van der Waals surface area (Å²) in [5.74, 6) is 0.361. The monoisotopic (exact) mass is 421 g/mol. The number of aromatic nitrogens is 4. The highest BCUT2D eigenvalue weighted by molar-refractivity contribution is 5.72. The summed E-state index contributed by atoms with van der Waals surface area (Å²) in [6.07, 6.45) is 5.36. The molecule has 2 N–H and O–H groups in total. The van der Waals surface area contributed by atoms with Crippen molar-refractivity contribution in [1.29, 1.82) is 0 Å². The number of phenolic OH excluding ortho intramolecular Hbond substituents is 1. The van der Waals surface area contributed by atoms with Crippen molar-refractivity contribution in [3.63, 3.8) is 0 Å². The third-order valence-electron chi connectivity index (χ3n) is 6.04. The summed E-state index contributed by atoms with van der Waals surface area (Å²) in [5, 5.41) is 22.2. The highest BCUT2D eigenvalue weighted by Crippen LogP contribution is 2.33. The van der Waals surface area contributed by atoms with E-state index in [2.05, 4.69) is 25.5 Å². The molecular weight excluding hydrogens is 397 g/mol. The molecule has 7 nitrogen and oxygen atoms in total.